The first kappa shape index (κ1) is 20.2. The molecule has 0 unspecified atom stereocenters. The number of aromatic nitrogens is 5. The van der Waals surface area contributed by atoms with Crippen LogP contribution in [0.15, 0.2) is 54.6 Å². The molecule has 0 saturated heterocycles. The van der Waals surface area contributed by atoms with Gasteiger partial charge in [-0.1, -0.05) is 23.3 Å². The van der Waals surface area contributed by atoms with E-state index < -0.39 is 12.3 Å². The molecule has 1 amide bonds. The predicted octanol–water partition coefficient (Wildman–Crippen LogP) is 2.88. The zero-order valence-electron chi connectivity index (χ0n) is 15.8. The molecule has 31 heavy (non-hydrogen) atoms. The van der Waals surface area contributed by atoms with E-state index in [1.807, 2.05) is 30.3 Å². The number of rotatable bonds is 7. The molecule has 0 radical (unpaired) electrons. The van der Waals surface area contributed by atoms with Gasteiger partial charge in [0.15, 0.2) is 0 Å². The summed E-state index contributed by atoms with van der Waals surface area (Å²) in [4.78, 5) is 15.1. The maximum Gasteiger partial charge on any atom is 0.573 e. The second-order valence-electron chi connectivity index (χ2n) is 6.41. The molecule has 160 valence electrons. The van der Waals surface area contributed by atoms with Crippen molar-refractivity contribution in [2.24, 2.45) is 0 Å². The van der Waals surface area contributed by atoms with Crippen molar-refractivity contribution < 1.29 is 22.7 Å². The molecule has 2 aromatic carbocycles. The fourth-order valence-corrected chi connectivity index (χ4v) is 2.91. The second kappa shape index (κ2) is 8.34. The lowest BCUT2D eigenvalue weighted by Crippen LogP contribution is -2.29. The number of ether oxygens (including phenoxy) is 1. The highest BCUT2D eigenvalue weighted by molar-refractivity contribution is 5.98. The van der Waals surface area contributed by atoms with Crippen molar-refractivity contribution in [2.45, 2.75) is 6.36 Å². The summed E-state index contributed by atoms with van der Waals surface area (Å²) in [5.41, 5.74) is 1.35. The normalized spacial score (nSPS) is 11.5. The molecule has 0 saturated carbocycles. The zero-order chi connectivity index (χ0) is 21.8. The predicted molar refractivity (Wildman–Crippen MR) is 105 cm³/mol. The number of benzene rings is 2. The van der Waals surface area contributed by atoms with Gasteiger partial charge in [-0.25, -0.2) is 0 Å². The third kappa shape index (κ3) is 4.91. The first-order chi connectivity index (χ1) is 14.9. The number of alkyl halides is 3. The van der Waals surface area contributed by atoms with E-state index in [0.717, 1.165) is 5.69 Å². The minimum Gasteiger partial charge on any atom is -0.406 e. The minimum absolute atomic E-state index is 0.216. The molecule has 0 aliphatic carbocycles. The number of amides is 1. The van der Waals surface area contributed by atoms with Crippen LogP contribution in [0.25, 0.3) is 16.6 Å². The van der Waals surface area contributed by atoms with Crippen molar-refractivity contribution in [3.63, 3.8) is 0 Å². The summed E-state index contributed by atoms with van der Waals surface area (Å²) < 4.78 is 42.5. The van der Waals surface area contributed by atoms with E-state index in [2.05, 4.69) is 35.9 Å². The first-order valence-corrected chi connectivity index (χ1v) is 9.13. The van der Waals surface area contributed by atoms with Crippen LogP contribution in [-0.4, -0.2) is 50.6 Å². The van der Waals surface area contributed by atoms with E-state index in [0.29, 0.717) is 23.4 Å². The third-order valence-corrected chi connectivity index (χ3v) is 4.24. The van der Waals surface area contributed by atoms with Gasteiger partial charge in [-0.3, -0.25) is 4.79 Å². The smallest absolute Gasteiger partial charge is 0.406 e. The summed E-state index contributed by atoms with van der Waals surface area (Å²) in [6.45, 7) is 0.612. The Morgan fingerprint density at radius 1 is 1.10 bits per heavy atom. The van der Waals surface area contributed by atoms with E-state index in [-0.39, 0.29) is 18.0 Å². The average molecular weight is 431 g/mol. The first-order valence-electron chi connectivity index (χ1n) is 9.13. The lowest BCUT2D eigenvalue weighted by Gasteiger charge is -2.08. The van der Waals surface area contributed by atoms with Crippen LogP contribution in [0.4, 0.5) is 19.1 Å². The molecule has 4 aromatic rings. The van der Waals surface area contributed by atoms with Gasteiger partial charge in [-0.05, 0) is 40.8 Å². The van der Waals surface area contributed by atoms with Crippen molar-refractivity contribution >= 4 is 22.8 Å². The Balaban J connectivity index is 1.33. The van der Waals surface area contributed by atoms with Gasteiger partial charge in [-0.15, -0.1) is 13.2 Å². The Morgan fingerprint density at radius 2 is 1.90 bits per heavy atom. The number of aromatic amines is 1. The number of carbonyl (C=O) groups excluding carboxylic acids is 1. The van der Waals surface area contributed by atoms with E-state index in [1.54, 1.807) is 6.07 Å². The third-order valence-electron chi connectivity index (χ3n) is 4.24. The number of fused-ring (bicyclic) bond motifs is 1. The SMILES string of the molecule is O=C(NCCNc1nnnn1-c1ccccc1)c1cc2ccc(OC(F)(F)F)cc2[nH]1. The van der Waals surface area contributed by atoms with Crippen LogP contribution in [-0.2, 0) is 0 Å². The van der Waals surface area contributed by atoms with E-state index in [9.17, 15) is 18.0 Å². The zero-order valence-corrected chi connectivity index (χ0v) is 15.8. The highest BCUT2D eigenvalue weighted by Gasteiger charge is 2.31. The number of halogens is 3. The number of hydrogen-bond donors (Lipinski definition) is 3. The molecule has 4 rings (SSSR count). The lowest BCUT2D eigenvalue weighted by atomic mass is 10.2. The highest BCUT2D eigenvalue weighted by atomic mass is 19.4. The van der Waals surface area contributed by atoms with Crippen molar-refractivity contribution in [2.75, 3.05) is 18.4 Å². The number of anilines is 1. The van der Waals surface area contributed by atoms with Crippen LogP contribution < -0.4 is 15.4 Å². The van der Waals surface area contributed by atoms with Crippen LogP contribution in [0.5, 0.6) is 5.75 Å². The number of para-hydroxylation sites is 1. The molecule has 12 heteroatoms. The summed E-state index contributed by atoms with van der Waals surface area (Å²) in [7, 11) is 0. The Kier molecular flexibility index (Phi) is 5.43. The number of nitrogens with one attached hydrogen (secondary N) is 3. The number of hydrogen-bond acceptors (Lipinski definition) is 6. The fourth-order valence-electron chi connectivity index (χ4n) is 2.91. The summed E-state index contributed by atoms with van der Waals surface area (Å²) >= 11 is 0. The minimum atomic E-state index is -4.78. The van der Waals surface area contributed by atoms with Crippen molar-refractivity contribution in [1.82, 2.24) is 30.5 Å². The van der Waals surface area contributed by atoms with Gasteiger partial charge >= 0.3 is 6.36 Å². The molecule has 0 bridgehead atoms. The molecular formula is C19H16F3N7O2. The van der Waals surface area contributed by atoms with Crippen molar-refractivity contribution in [1.29, 1.82) is 0 Å². The molecule has 0 spiro atoms. The van der Waals surface area contributed by atoms with Gasteiger partial charge in [-0.2, -0.15) is 4.68 Å². The van der Waals surface area contributed by atoms with E-state index >= 15 is 0 Å². The second-order valence-corrected chi connectivity index (χ2v) is 6.41. The Labute approximate surface area is 173 Å². The number of tetrazole rings is 1. The maximum atomic E-state index is 12.4. The standard InChI is InChI=1S/C19H16F3N7O2/c20-19(21,22)31-14-7-6-12-10-16(25-15(12)11-14)17(30)23-8-9-24-18-26-27-28-29(18)13-4-2-1-3-5-13/h1-7,10-11,25H,8-9H2,(H,23,30)(H,24,26,28). The van der Waals surface area contributed by atoms with Crippen LogP contribution in [0.2, 0.25) is 0 Å². The van der Waals surface area contributed by atoms with Crippen LogP contribution in [0.1, 0.15) is 10.5 Å². The molecule has 3 N–H and O–H groups in total. The lowest BCUT2D eigenvalue weighted by molar-refractivity contribution is -0.274. The van der Waals surface area contributed by atoms with Gasteiger partial charge in [0.2, 0.25) is 5.95 Å². The Hall–Kier alpha value is -4.09. The molecule has 0 atom stereocenters. The maximum absolute atomic E-state index is 12.4. The molecule has 9 nitrogen and oxygen atoms in total. The highest BCUT2D eigenvalue weighted by Crippen LogP contribution is 2.26. The summed E-state index contributed by atoms with van der Waals surface area (Å²) in [5.74, 6) is -0.351. The van der Waals surface area contributed by atoms with Gasteiger partial charge in [0.05, 0.1) is 5.69 Å². The molecule has 2 aromatic heterocycles. The van der Waals surface area contributed by atoms with Crippen LogP contribution >= 0.6 is 0 Å². The summed E-state index contributed by atoms with van der Waals surface area (Å²) in [6, 6.07) is 14.7. The number of H-pyrrole nitrogens is 1. The van der Waals surface area contributed by atoms with Crippen molar-refractivity contribution in [3.8, 4) is 11.4 Å². The summed E-state index contributed by atoms with van der Waals surface area (Å²) in [5, 5.41) is 17.8. The molecule has 0 aliphatic rings. The fraction of sp³-hybridized carbons (Fsp3) is 0.158. The molecule has 0 fully saturated rings. The van der Waals surface area contributed by atoms with Gasteiger partial charge in [0.25, 0.3) is 5.91 Å². The van der Waals surface area contributed by atoms with Gasteiger partial charge in [0.1, 0.15) is 11.4 Å². The number of nitrogens with zero attached hydrogens (tertiary/aromatic N) is 4. The van der Waals surface area contributed by atoms with Gasteiger partial charge in [0, 0.05) is 30.1 Å². The molecule has 2 heterocycles. The van der Waals surface area contributed by atoms with Crippen LogP contribution in [0.3, 0.4) is 0 Å². The Morgan fingerprint density at radius 3 is 2.68 bits per heavy atom. The Bertz CT molecular complexity index is 1190. The topological polar surface area (TPSA) is 110 Å². The largest absolute Gasteiger partial charge is 0.573 e. The number of carbonyl (C=O) groups is 1. The van der Waals surface area contributed by atoms with E-state index in [1.165, 1.54) is 22.9 Å². The van der Waals surface area contributed by atoms with Crippen molar-refractivity contribution in [3.05, 3.63) is 60.3 Å². The average Bonchev–Trinajstić information content (AvgIpc) is 3.37. The van der Waals surface area contributed by atoms with Crippen LogP contribution in [0, 0.1) is 0 Å². The van der Waals surface area contributed by atoms with Gasteiger partial charge < -0.3 is 20.4 Å². The van der Waals surface area contributed by atoms with E-state index in [4.69, 9.17) is 0 Å². The molecular weight excluding hydrogens is 415 g/mol. The molecule has 0 aliphatic heterocycles. The quantitative estimate of drug-likeness (QED) is 0.388. The summed E-state index contributed by atoms with van der Waals surface area (Å²) in [6.07, 6.45) is -4.78. The monoisotopic (exact) mass is 431 g/mol.